The fourth-order valence-corrected chi connectivity index (χ4v) is 3.73. The number of hydrogen-bond donors (Lipinski definition) is 1. The zero-order valence-corrected chi connectivity index (χ0v) is 16.1. The van der Waals surface area contributed by atoms with Crippen molar-refractivity contribution in [3.63, 3.8) is 0 Å². The van der Waals surface area contributed by atoms with Crippen LogP contribution >= 0.6 is 0 Å². The van der Waals surface area contributed by atoms with E-state index in [0.29, 0.717) is 5.69 Å². The lowest BCUT2D eigenvalue weighted by Crippen LogP contribution is -2.18. The second-order valence-corrected chi connectivity index (χ2v) is 7.23. The average Bonchev–Trinajstić information content (AvgIpc) is 3.09. The molecule has 1 aliphatic carbocycles. The summed E-state index contributed by atoms with van der Waals surface area (Å²) in [5.41, 5.74) is 4.94. The van der Waals surface area contributed by atoms with E-state index in [1.165, 1.54) is 12.1 Å². The van der Waals surface area contributed by atoms with E-state index in [1.54, 1.807) is 16.8 Å². The predicted octanol–water partition coefficient (Wildman–Crippen LogP) is 4.21. The third-order valence-electron chi connectivity index (χ3n) is 5.10. The zero-order chi connectivity index (χ0) is 19.7. The number of para-hydroxylation sites is 2. The number of rotatable bonds is 4. The van der Waals surface area contributed by atoms with Crippen LogP contribution in [0.5, 0.6) is 0 Å². The third-order valence-corrected chi connectivity index (χ3v) is 5.10. The summed E-state index contributed by atoms with van der Waals surface area (Å²) in [6.45, 7) is 0. The molecule has 6 heteroatoms. The van der Waals surface area contributed by atoms with Gasteiger partial charge in [0.15, 0.2) is 5.69 Å². The summed E-state index contributed by atoms with van der Waals surface area (Å²) in [5.74, 6) is -0.503. The molecular weight excluding hydrogens is 355 g/mol. The normalized spacial score (nSPS) is 13.1. The Morgan fingerprint density at radius 1 is 1.07 bits per heavy atom. The fourth-order valence-electron chi connectivity index (χ4n) is 3.73. The van der Waals surface area contributed by atoms with Crippen LogP contribution in [0.25, 0.3) is 5.69 Å². The summed E-state index contributed by atoms with van der Waals surface area (Å²) in [7, 11) is 3.88. The number of benzene rings is 2. The SMILES string of the molecule is CN(C)c1ccccc1NC(=O)c1nn(-c2ccc(F)cc2)c2c1CCCC2. The number of aromatic nitrogens is 2. The summed E-state index contributed by atoms with van der Waals surface area (Å²) in [4.78, 5) is 15.1. The van der Waals surface area contributed by atoms with Gasteiger partial charge in [-0.25, -0.2) is 9.07 Å². The molecule has 0 saturated heterocycles. The highest BCUT2D eigenvalue weighted by atomic mass is 19.1. The molecule has 0 radical (unpaired) electrons. The van der Waals surface area contributed by atoms with Crippen LogP contribution in [0, 0.1) is 5.82 Å². The minimum atomic E-state index is -0.289. The van der Waals surface area contributed by atoms with Gasteiger partial charge in [0, 0.05) is 25.4 Å². The molecule has 1 aromatic heterocycles. The maximum absolute atomic E-state index is 13.3. The maximum atomic E-state index is 13.3. The first-order valence-corrected chi connectivity index (χ1v) is 9.49. The summed E-state index contributed by atoms with van der Waals surface area (Å²) < 4.78 is 15.1. The van der Waals surface area contributed by atoms with Crippen LogP contribution < -0.4 is 10.2 Å². The quantitative estimate of drug-likeness (QED) is 0.740. The molecule has 0 fully saturated rings. The van der Waals surface area contributed by atoms with Crippen LogP contribution in [0.3, 0.4) is 0 Å². The molecule has 0 atom stereocenters. The van der Waals surface area contributed by atoms with Gasteiger partial charge in [-0.05, 0) is 62.1 Å². The van der Waals surface area contributed by atoms with Crippen molar-refractivity contribution in [2.45, 2.75) is 25.7 Å². The molecule has 1 amide bonds. The second kappa shape index (κ2) is 7.46. The minimum Gasteiger partial charge on any atom is -0.376 e. The van der Waals surface area contributed by atoms with Crippen molar-refractivity contribution in [1.29, 1.82) is 0 Å². The first kappa shape index (κ1) is 18.2. The number of nitrogens with zero attached hydrogens (tertiary/aromatic N) is 3. The molecule has 4 rings (SSSR count). The topological polar surface area (TPSA) is 50.2 Å². The van der Waals surface area contributed by atoms with E-state index < -0.39 is 0 Å². The molecule has 1 aliphatic rings. The number of carbonyl (C=O) groups excluding carboxylic acids is 1. The average molecular weight is 378 g/mol. The van der Waals surface area contributed by atoms with E-state index in [0.717, 1.165) is 54.0 Å². The van der Waals surface area contributed by atoms with Crippen LogP contribution in [0.15, 0.2) is 48.5 Å². The molecule has 0 bridgehead atoms. The van der Waals surface area contributed by atoms with Crippen molar-refractivity contribution in [1.82, 2.24) is 9.78 Å². The minimum absolute atomic E-state index is 0.215. The Balaban J connectivity index is 1.72. The zero-order valence-electron chi connectivity index (χ0n) is 16.1. The van der Waals surface area contributed by atoms with Gasteiger partial charge in [-0.2, -0.15) is 5.10 Å². The molecule has 1 N–H and O–H groups in total. The lowest BCUT2D eigenvalue weighted by Gasteiger charge is -2.18. The van der Waals surface area contributed by atoms with Gasteiger partial charge in [-0.1, -0.05) is 12.1 Å². The summed E-state index contributed by atoms with van der Waals surface area (Å²) in [6, 6.07) is 13.9. The van der Waals surface area contributed by atoms with E-state index in [2.05, 4.69) is 10.4 Å². The Morgan fingerprint density at radius 3 is 2.54 bits per heavy atom. The smallest absolute Gasteiger partial charge is 0.276 e. The van der Waals surface area contributed by atoms with Gasteiger partial charge in [0.25, 0.3) is 5.91 Å². The van der Waals surface area contributed by atoms with E-state index in [9.17, 15) is 9.18 Å². The summed E-state index contributed by atoms with van der Waals surface area (Å²) in [6.07, 6.45) is 3.79. The Bertz CT molecular complexity index is 1010. The number of nitrogens with one attached hydrogen (secondary N) is 1. The highest BCUT2D eigenvalue weighted by Gasteiger charge is 2.26. The summed E-state index contributed by atoms with van der Waals surface area (Å²) >= 11 is 0. The van der Waals surface area contributed by atoms with E-state index in [4.69, 9.17) is 0 Å². The van der Waals surface area contributed by atoms with Crippen molar-refractivity contribution in [2.24, 2.45) is 0 Å². The molecule has 28 heavy (non-hydrogen) atoms. The number of carbonyl (C=O) groups is 1. The van der Waals surface area contributed by atoms with Gasteiger partial charge in [0.1, 0.15) is 5.82 Å². The molecule has 1 heterocycles. The number of halogens is 1. The molecule has 0 unspecified atom stereocenters. The Labute approximate surface area is 163 Å². The molecule has 5 nitrogen and oxygen atoms in total. The molecule has 0 saturated carbocycles. The first-order valence-electron chi connectivity index (χ1n) is 9.49. The van der Waals surface area contributed by atoms with Gasteiger partial charge >= 0.3 is 0 Å². The van der Waals surface area contributed by atoms with Gasteiger partial charge in [-0.15, -0.1) is 0 Å². The molecule has 0 aliphatic heterocycles. The lowest BCUT2D eigenvalue weighted by molar-refractivity contribution is 0.102. The maximum Gasteiger partial charge on any atom is 0.276 e. The molecule has 144 valence electrons. The molecule has 3 aromatic rings. The highest BCUT2D eigenvalue weighted by Crippen LogP contribution is 2.29. The van der Waals surface area contributed by atoms with Gasteiger partial charge < -0.3 is 10.2 Å². The lowest BCUT2D eigenvalue weighted by atomic mass is 9.95. The van der Waals surface area contributed by atoms with Crippen LogP contribution in [0.1, 0.15) is 34.6 Å². The molecule has 0 spiro atoms. The standard InChI is InChI=1S/C22H23FN4O/c1-26(2)20-10-6-4-8-18(20)24-22(28)21-17-7-3-5-9-19(17)27(25-21)16-13-11-15(23)12-14-16/h4,6,8,10-14H,3,5,7,9H2,1-2H3,(H,24,28). The van der Waals surface area contributed by atoms with Crippen LogP contribution in [-0.2, 0) is 12.8 Å². The second-order valence-electron chi connectivity index (χ2n) is 7.23. The largest absolute Gasteiger partial charge is 0.376 e. The Hall–Kier alpha value is -3.15. The molecule has 2 aromatic carbocycles. The van der Waals surface area contributed by atoms with Crippen LogP contribution in [0.2, 0.25) is 0 Å². The van der Waals surface area contributed by atoms with E-state index >= 15 is 0 Å². The van der Waals surface area contributed by atoms with Gasteiger partial charge in [0.2, 0.25) is 0 Å². The number of amides is 1. The van der Waals surface area contributed by atoms with Crippen molar-refractivity contribution >= 4 is 17.3 Å². The third kappa shape index (κ3) is 3.38. The molecular formula is C22H23FN4O. The fraction of sp³-hybridized carbons (Fsp3) is 0.273. The monoisotopic (exact) mass is 378 g/mol. The van der Waals surface area contributed by atoms with Gasteiger partial charge in [0.05, 0.1) is 17.1 Å². The van der Waals surface area contributed by atoms with Crippen molar-refractivity contribution in [3.05, 3.63) is 71.3 Å². The number of hydrogen-bond acceptors (Lipinski definition) is 3. The Kier molecular flexibility index (Phi) is 4.86. The summed E-state index contributed by atoms with van der Waals surface area (Å²) in [5, 5.41) is 7.65. The van der Waals surface area contributed by atoms with E-state index in [1.807, 2.05) is 43.3 Å². The van der Waals surface area contributed by atoms with Crippen molar-refractivity contribution in [3.8, 4) is 5.69 Å². The first-order chi connectivity index (χ1) is 13.5. The van der Waals surface area contributed by atoms with Crippen LogP contribution in [0.4, 0.5) is 15.8 Å². The van der Waals surface area contributed by atoms with Crippen molar-refractivity contribution in [2.75, 3.05) is 24.3 Å². The van der Waals surface area contributed by atoms with Gasteiger partial charge in [-0.3, -0.25) is 4.79 Å². The Morgan fingerprint density at radius 2 is 1.79 bits per heavy atom. The van der Waals surface area contributed by atoms with E-state index in [-0.39, 0.29) is 11.7 Å². The van der Waals surface area contributed by atoms with Crippen LogP contribution in [-0.4, -0.2) is 29.8 Å². The predicted molar refractivity (Wildman–Crippen MR) is 109 cm³/mol. The van der Waals surface area contributed by atoms with Crippen molar-refractivity contribution < 1.29 is 9.18 Å². The number of fused-ring (bicyclic) bond motifs is 1. The number of anilines is 2. The highest BCUT2D eigenvalue weighted by molar-refractivity contribution is 6.05.